The first-order valence-corrected chi connectivity index (χ1v) is 7.22. The first-order chi connectivity index (χ1) is 9.50. The molecule has 0 amide bonds. The standard InChI is InChI=1S/C17H20O3/c1-9-6-5-7-13-14(9)11(3)15-10(2)8-19-17(15)16(13)20-12(4)18/h8-9H,5-7H2,1-4H3. The number of ether oxygens (including phenoxy) is 1. The summed E-state index contributed by atoms with van der Waals surface area (Å²) >= 11 is 0. The molecular weight excluding hydrogens is 252 g/mol. The van der Waals surface area contributed by atoms with E-state index in [0.29, 0.717) is 11.7 Å². The summed E-state index contributed by atoms with van der Waals surface area (Å²) < 4.78 is 11.2. The molecule has 3 nitrogen and oxygen atoms in total. The molecule has 1 aliphatic rings. The van der Waals surface area contributed by atoms with E-state index in [9.17, 15) is 4.79 Å². The summed E-state index contributed by atoms with van der Waals surface area (Å²) in [6.07, 6.45) is 5.03. The Bertz CT molecular complexity index is 694. The topological polar surface area (TPSA) is 39.4 Å². The van der Waals surface area contributed by atoms with Crippen molar-refractivity contribution in [1.29, 1.82) is 0 Å². The molecule has 0 radical (unpaired) electrons. The molecule has 3 heteroatoms. The largest absolute Gasteiger partial charge is 0.460 e. The van der Waals surface area contributed by atoms with Gasteiger partial charge in [0.2, 0.25) is 0 Å². The first-order valence-electron chi connectivity index (χ1n) is 7.22. The normalized spacial score (nSPS) is 18.1. The molecule has 1 atom stereocenters. The number of carbonyl (C=O) groups is 1. The fourth-order valence-corrected chi connectivity index (χ4v) is 3.59. The third-order valence-corrected chi connectivity index (χ3v) is 4.36. The van der Waals surface area contributed by atoms with Gasteiger partial charge in [0.15, 0.2) is 11.3 Å². The van der Waals surface area contributed by atoms with Crippen LogP contribution in [0, 0.1) is 13.8 Å². The van der Waals surface area contributed by atoms with Gasteiger partial charge in [-0.15, -0.1) is 0 Å². The van der Waals surface area contributed by atoms with Gasteiger partial charge < -0.3 is 9.15 Å². The minimum absolute atomic E-state index is 0.287. The van der Waals surface area contributed by atoms with Crippen LogP contribution in [0.1, 0.15) is 54.9 Å². The van der Waals surface area contributed by atoms with Crippen molar-refractivity contribution < 1.29 is 13.9 Å². The molecule has 0 saturated heterocycles. The molecule has 1 aliphatic carbocycles. The zero-order valence-corrected chi connectivity index (χ0v) is 12.5. The molecule has 106 valence electrons. The van der Waals surface area contributed by atoms with Crippen LogP contribution in [0.2, 0.25) is 0 Å². The fraction of sp³-hybridized carbons (Fsp3) is 0.471. The number of hydrogen-bond acceptors (Lipinski definition) is 3. The number of fused-ring (bicyclic) bond motifs is 2. The van der Waals surface area contributed by atoms with Crippen LogP contribution >= 0.6 is 0 Å². The Hall–Kier alpha value is -1.77. The van der Waals surface area contributed by atoms with E-state index in [1.54, 1.807) is 6.26 Å². The van der Waals surface area contributed by atoms with Crippen molar-refractivity contribution in [2.45, 2.75) is 52.9 Å². The Balaban J connectivity index is 2.39. The van der Waals surface area contributed by atoms with E-state index in [-0.39, 0.29) is 5.97 Å². The Kier molecular flexibility index (Phi) is 3.08. The molecule has 1 aromatic carbocycles. The van der Waals surface area contributed by atoms with Gasteiger partial charge in [-0.1, -0.05) is 6.92 Å². The number of carbonyl (C=O) groups excluding carboxylic acids is 1. The Morgan fingerprint density at radius 2 is 2.15 bits per heavy atom. The summed E-state index contributed by atoms with van der Waals surface area (Å²) in [4.78, 5) is 11.5. The van der Waals surface area contributed by atoms with E-state index >= 15 is 0 Å². The van der Waals surface area contributed by atoms with Gasteiger partial charge in [0.1, 0.15) is 0 Å². The third-order valence-electron chi connectivity index (χ3n) is 4.36. The van der Waals surface area contributed by atoms with E-state index in [2.05, 4.69) is 13.8 Å². The van der Waals surface area contributed by atoms with Gasteiger partial charge in [-0.05, 0) is 55.7 Å². The van der Waals surface area contributed by atoms with E-state index in [1.165, 1.54) is 30.0 Å². The lowest BCUT2D eigenvalue weighted by atomic mass is 9.79. The van der Waals surface area contributed by atoms with Crippen molar-refractivity contribution in [3.05, 3.63) is 28.5 Å². The highest BCUT2D eigenvalue weighted by molar-refractivity contribution is 5.93. The highest BCUT2D eigenvalue weighted by Gasteiger charge is 2.28. The molecule has 0 aliphatic heterocycles. The quantitative estimate of drug-likeness (QED) is 0.570. The Morgan fingerprint density at radius 3 is 2.85 bits per heavy atom. The number of hydrogen-bond donors (Lipinski definition) is 0. The van der Waals surface area contributed by atoms with Crippen LogP contribution in [0.4, 0.5) is 0 Å². The van der Waals surface area contributed by atoms with Crippen molar-refractivity contribution in [3.8, 4) is 5.75 Å². The van der Waals surface area contributed by atoms with Gasteiger partial charge in [0.05, 0.1) is 6.26 Å². The van der Waals surface area contributed by atoms with Crippen molar-refractivity contribution in [1.82, 2.24) is 0 Å². The van der Waals surface area contributed by atoms with Gasteiger partial charge in [0, 0.05) is 17.9 Å². The average Bonchev–Trinajstić information content (AvgIpc) is 2.76. The zero-order chi connectivity index (χ0) is 14.4. The molecule has 0 N–H and O–H groups in total. The minimum Gasteiger partial charge on any atom is -0.460 e. The summed E-state index contributed by atoms with van der Waals surface area (Å²) in [6.45, 7) is 7.89. The van der Waals surface area contributed by atoms with Crippen LogP contribution in [0.3, 0.4) is 0 Å². The first kappa shape index (κ1) is 13.2. The predicted octanol–water partition coefficient (Wildman–Crippen LogP) is 4.41. The lowest BCUT2D eigenvalue weighted by molar-refractivity contribution is -0.131. The van der Waals surface area contributed by atoms with Crippen LogP contribution in [0.5, 0.6) is 5.75 Å². The van der Waals surface area contributed by atoms with Crippen LogP contribution in [-0.2, 0) is 11.2 Å². The molecular formula is C17H20O3. The Labute approximate surface area is 118 Å². The SMILES string of the molecule is CC(=O)Oc1c2c(c(C)c3c(C)coc13)C(C)CCC2. The van der Waals surface area contributed by atoms with Gasteiger partial charge in [-0.3, -0.25) is 4.79 Å². The number of esters is 1. The fourth-order valence-electron chi connectivity index (χ4n) is 3.59. The van der Waals surface area contributed by atoms with E-state index in [4.69, 9.17) is 9.15 Å². The molecule has 1 aromatic heterocycles. The van der Waals surface area contributed by atoms with Crippen molar-refractivity contribution in [2.75, 3.05) is 0 Å². The molecule has 0 spiro atoms. The Morgan fingerprint density at radius 1 is 1.40 bits per heavy atom. The zero-order valence-electron chi connectivity index (χ0n) is 12.5. The summed E-state index contributed by atoms with van der Waals surface area (Å²) in [5.74, 6) is 0.865. The lowest BCUT2D eigenvalue weighted by Gasteiger charge is -2.26. The predicted molar refractivity (Wildman–Crippen MR) is 78.4 cm³/mol. The van der Waals surface area contributed by atoms with Crippen molar-refractivity contribution in [2.24, 2.45) is 0 Å². The molecule has 1 heterocycles. The maximum Gasteiger partial charge on any atom is 0.308 e. The van der Waals surface area contributed by atoms with Crippen LogP contribution in [-0.4, -0.2) is 5.97 Å². The summed E-state index contributed by atoms with van der Waals surface area (Å²) in [7, 11) is 0. The van der Waals surface area contributed by atoms with Gasteiger partial charge >= 0.3 is 5.97 Å². The molecule has 3 rings (SSSR count). The molecule has 0 fully saturated rings. The smallest absolute Gasteiger partial charge is 0.308 e. The number of rotatable bonds is 1. The molecule has 2 aromatic rings. The molecule has 20 heavy (non-hydrogen) atoms. The summed E-state index contributed by atoms with van der Waals surface area (Å²) in [5.41, 5.74) is 5.63. The summed E-state index contributed by atoms with van der Waals surface area (Å²) in [5, 5.41) is 1.11. The maximum atomic E-state index is 11.5. The van der Waals surface area contributed by atoms with E-state index < -0.39 is 0 Å². The van der Waals surface area contributed by atoms with Crippen molar-refractivity contribution >= 4 is 16.9 Å². The number of aryl methyl sites for hydroxylation is 2. The van der Waals surface area contributed by atoms with Crippen molar-refractivity contribution in [3.63, 3.8) is 0 Å². The van der Waals surface area contributed by atoms with E-state index in [0.717, 1.165) is 29.4 Å². The maximum absolute atomic E-state index is 11.5. The van der Waals surface area contributed by atoms with E-state index in [1.807, 2.05) is 6.92 Å². The minimum atomic E-state index is -0.287. The average molecular weight is 272 g/mol. The number of benzene rings is 1. The summed E-state index contributed by atoms with van der Waals surface area (Å²) in [6, 6.07) is 0. The molecule has 0 saturated carbocycles. The second kappa shape index (κ2) is 4.65. The van der Waals surface area contributed by atoms with Crippen LogP contribution in [0.15, 0.2) is 10.7 Å². The monoisotopic (exact) mass is 272 g/mol. The highest BCUT2D eigenvalue weighted by atomic mass is 16.5. The molecule has 0 bridgehead atoms. The second-order valence-electron chi connectivity index (χ2n) is 5.86. The van der Waals surface area contributed by atoms with Gasteiger partial charge in [-0.25, -0.2) is 0 Å². The molecule has 1 unspecified atom stereocenters. The lowest BCUT2D eigenvalue weighted by Crippen LogP contribution is -2.13. The van der Waals surface area contributed by atoms with Crippen LogP contribution in [0.25, 0.3) is 11.0 Å². The number of furan rings is 1. The highest BCUT2D eigenvalue weighted by Crippen LogP contribution is 2.45. The third kappa shape index (κ3) is 1.84. The van der Waals surface area contributed by atoms with Gasteiger partial charge in [0.25, 0.3) is 0 Å². The van der Waals surface area contributed by atoms with Gasteiger partial charge in [-0.2, -0.15) is 0 Å². The van der Waals surface area contributed by atoms with Crippen LogP contribution < -0.4 is 4.74 Å². The second-order valence-corrected chi connectivity index (χ2v) is 5.86.